The Morgan fingerprint density at radius 1 is 0.453 bits per heavy atom. The SMILES string of the molecule is O/N=C1\Cc2ccccc2C1(Cc1ccccc1)C1=Cc2ccccc2C1.O=C1Cc2ccccc2C1(Cc1ccccc1)C1=Cc2ccccc2C1. The summed E-state index contributed by atoms with van der Waals surface area (Å²) in [5, 5.41) is 13.8. The van der Waals surface area contributed by atoms with Crippen LogP contribution in [0.4, 0.5) is 0 Å². The Labute approximate surface area is 311 Å². The van der Waals surface area contributed by atoms with Gasteiger partial charge in [0, 0.05) is 12.8 Å². The fourth-order valence-corrected chi connectivity index (χ4v) is 9.50. The fraction of sp³-hybridized carbons (Fsp3) is 0.160. The van der Waals surface area contributed by atoms with E-state index >= 15 is 0 Å². The molecule has 4 aliphatic carbocycles. The zero-order chi connectivity index (χ0) is 35.8. The third kappa shape index (κ3) is 5.59. The van der Waals surface area contributed by atoms with Crippen LogP contribution in [-0.2, 0) is 54.1 Å². The molecular weight excluding hydrogens is 647 g/mol. The Balaban J connectivity index is 0.000000141. The number of hydrogen-bond acceptors (Lipinski definition) is 3. The van der Waals surface area contributed by atoms with Gasteiger partial charge in [-0.2, -0.15) is 0 Å². The number of carbonyl (C=O) groups is 1. The molecular formula is C50H41NO2. The summed E-state index contributed by atoms with van der Waals surface area (Å²) in [7, 11) is 0. The van der Waals surface area contributed by atoms with E-state index in [4.69, 9.17) is 0 Å². The molecule has 0 radical (unpaired) electrons. The number of nitrogens with zero attached hydrogens (tertiary/aromatic N) is 1. The molecule has 4 aliphatic rings. The highest BCUT2D eigenvalue weighted by Gasteiger charge is 2.50. The zero-order valence-corrected chi connectivity index (χ0v) is 29.7. The van der Waals surface area contributed by atoms with Crippen LogP contribution in [0.1, 0.15) is 55.6 Å². The van der Waals surface area contributed by atoms with Crippen molar-refractivity contribution in [2.24, 2.45) is 5.16 Å². The molecule has 0 bridgehead atoms. The number of rotatable bonds is 6. The van der Waals surface area contributed by atoms with Crippen molar-refractivity contribution in [1.82, 2.24) is 0 Å². The zero-order valence-electron chi connectivity index (χ0n) is 29.7. The number of Topliss-reactive ketones (excluding diaryl/α,β-unsaturated/α-hetero) is 1. The molecule has 0 spiro atoms. The minimum Gasteiger partial charge on any atom is -0.411 e. The van der Waals surface area contributed by atoms with Crippen LogP contribution < -0.4 is 0 Å². The smallest absolute Gasteiger partial charge is 0.152 e. The van der Waals surface area contributed by atoms with Crippen LogP contribution in [0.25, 0.3) is 12.2 Å². The van der Waals surface area contributed by atoms with E-state index in [9.17, 15) is 10.0 Å². The lowest BCUT2D eigenvalue weighted by Gasteiger charge is -2.33. The molecule has 1 N–H and O–H groups in total. The maximum atomic E-state index is 13.5. The second kappa shape index (κ2) is 13.5. The molecule has 258 valence electrons. The van der Waals surface area contributed by atoms with Crippen LogP contribution in [-0.4, -0.2) is 16.7 Å². The molecule has 2 unspecified atom stereocenters. The summed E-state index contributed by atoms with van der Waals surface area (Å²) in [6, 6.07) is 55.0. The molecule has 0 aromatic heterocycles. The molecule has 2 atom stereocenters. The van der Waals surface area contributed by atoms with Gasteiger partial charge >= 0.3 is 0 Å². The van der Waals surface area contributed by atoms with Crippen molar-refractivity contribution >= 4 is 23.6 Å². The van der Waals surface area contributed by atoms with Gasteiger partial charge in [0.25, 0.3) is 0 Å². The van der Waals surface area contributed by atoms with Crippen molar-refractivity contribution < 1.29 is 10.0 Å². The first kappa shape index (κ1) is 32.8. The third-order valence-corrected chi connectivity index (χ3v) is 12.0. The van der Waals surface area contributed by atoms with E-state index in [2.05, 4.69) is 157 Å². The molecule has 0 amide bonds. The maximum Gasteiger partial charge on any atom is 0.152 e. The van der Waals surface area contributed by atoms with Gasteiger partial charge in [-0.1, -0.05) is 175 Å². The molecule has 0 heterocycles. The van der Waals surface area contributed by atoms with Gasteiger partial charge in [-0.05, 0) is 92.5 Å². The summed E-state index contributed by atoms with van der Waals surface area (Å²) in [4.78, 5) is 13.5. The maximum absolute atomic E-state index is 13.5. The summed E-state index contributed by atoms with van der Waals surface area (Å²) in [6.07, 6.45) is 9.13. The molecule has 6 aromatic rings. The van der Waals surface area contributed by atoms with E-state index in [1.165, 1.54) is 66.8 Å². The number of fused-ring (bicyclic) bond motifs is 4. The quantitative estimate of drug-likeness (QED) is 0.140. The predicted octanol–water partition coefficient (Wildman–Crippen LogP) is 10.1. The van der Waals surface area contributed by atoms with Gasteiger partial charge in [0.05, 0.1) is 16.5 Å². The van der Waals surface area contributed by atoms with Crippen LogP contribution in [0, 0.1) is 0 Å². The van der Waals surface area contributed by atoms with Crippen molar-refractivity contribution in [3.05, 3.63) is 225 Å². The molecule has 0 saturated heterocycles. The second-order valence-corrected chi connectivity index (χ2v) is 14.9. The lowest BCUT2D eigenvalue weighted by molar-refractivity contribution is -0.121. The van der Waals surface area contributed by atoms with E-state index in [0.29, 0.717) is 18.6 Å². The summed E-state index contributed by atoms with van der Waals surface area (Å²) in [6.45, 7) is 0. The average molecular weight is 688 g/mol. The summed E-state index contributed by atoms with van der Waals surface area (Å²) in [5.41, 5.74) is 15.1. The molecule has 3 nitrogen and oxygen atoms in total. The van der Waals surface area contributed by atoms with E-state index in [0.717, 1.165) is 31.4 Å². The van der Waals surface area contributed by atoms with Crippen molar-refractivity contribution in [2.45, 2.75) is 49.4 Å². The Bertz CT molecular complexity index is 2440. The number of benzene rings is 6. The number of hydrogen-bond donors (Lipinski definition) is 1. The largest absolute Gasteiger partial charge is 0.411 e. The van der Waals surface area contributed by atoms with Crippen LogP contribution in [0.5, 0.6) is 0 Å². The number of allylic oxidation sites excluding steroid dienone is 2. The van der Waals surface area contributed by atoms with Crippen LogP contribution in [0.15, 0.2) is 174 Å². The van der Waals surface area contributed by atoms with Crippen molar-refractivity contribution in [3.8, 4) is 0 Å². The molecule has 6 aromatic carbocycles. The first-order chi connectivity index (χ1) is 26.1. The molecule has 0 saturated carbocycles. The van der Waals surface area contributed by atoms with Crippen LogP contribution in [0.2, 0.25) is 0 Å². The van der Waals surface area contributed by atoms with Crippen molar-refractivity contribution in [2.75, 3.05) is 0 Å². The van der Waals surface area contributed by atoms with Crippen LogP contribution >= 0.6 is 0 Å². The van der Waals surface area contributed by atoms with Gasteiger partial charge in [-0.3, -0.25) is 4.79 Å². The molecule has 0 fully saturated rings. The van der Waals surface area contributed by atoms with Gasteiger partial charge in [-0.15, -0.1) is 0 Å². The topological polar surface area (TPSA) is 49.7 Å². The number of carbonyl (C=O) groups excluding carboxylic acids is 1. The van der Waals surface area contributed by atoms with E-state index < -0.39 is 5.41 Å². The van der Waals surface area contributed by atoms with E-state index in [-0.39, 0.29) is 5.41 Å². The van der Waals surface area contributed by atoms with E-state index in [1.807, 2.05) is 18.2 Å². The van der Waals surface area contributed by atoms with Gasteiger partial charge in [0.1, 0.15) is 0 Å². The van der Waals surface area contributed by atoms with Gasteiger partial charge in [-0.25, -0.2) is 0 Å². The van der Waals surface area contributed by atoms with Gasteiger partial charge in [0.15, 0.2) is 5.78 Å². The fourth-order valence-electron chi connectivity index (χ4n) is 9.50. The van der Waals surface area contributed by atoms with Crippen LogP contribution in [0.3, 0.4) is 0 Å². The normalized spacial score (nSPS) is 21.2. The number of oxime groups is 1. The first-order valence-corrected chi connectivity index (χ1v) is 18.7. The minimum absolute atomic E-state index is 0.335. The van der Waals surface area contributed by atoms with Crippen molar-refractivity contribution in [3.63, 3.8) is 0 Å². The second-order valence-electron chi connectivity index (χ2n) is 14.9. The summed E-state index contributed by atoms with van der Waals surface area (Å²) >= 11 is 0. The molecule has 53 heavy (non-hydrogen) atoms. The Morgan fingerprint density at radius 2 is 0.868 bits per heavy atom. The Morgan fingerprint density at radius 3 is 1.40 bits per heavy atom. The monoisotopic (exact) mass is 687 g/mol. The standard InChI is InChI=1S/C25H21NO.C25H20O/c27-26-24-16-21-12-6-7-13-23(21)25(24,17-18-8-2-1-3-9-18)22-14-19-10-4-5-11-20(19)15-22;26-24-16-21-12-6-7-13-23(21)25(24,17-18-8-2-1-3-9-18)22-14-19-10-4-5-11-20(19)15-22/h1-14,27H,15-17H2;1-14H,15-17H2/b26-24+;. The van der Waals surface area contributed by atoms with E-state index in [1.54, 1.807) is 0 Å². The van der Waals surface area contributed by atoms with Gasteiger partial charge in [0.2, 0.25) is 0 Å². The highest BCUT2D eigenvalue weighted by Crippen LogP contribution is 2.50. The predicted molar refractivity (Wildman–Crippen MR) is 214 cm³/mol. The lowest BCUT2D eigenvalue weighted by Crippen LogP contribution is -2.37. The molecule has 10 rings (SSSR count). The lowest BCUT2D eigenvalue weighted by atomic mass is 9.69. The summed E-state index contributed by atoms with van der Waals surface area (Å²) in [5.74, 6) is 0.335. The third-order valence-electron chi connectivity index (χ3n) is 12.0. The minimum atomic E-state index is -0.531. The average Bonchev–Trinajstić information content (AvgIpc) is 3.98. The van der Waals surface area contributed by atoms with Crippen molar-refractivity contribution in [1.29, 1.82) is 0 Å². The summed E-state index contributed by atoms with van der Waals surface area (Å²) < 4.78 is 0. The first-order valence-electron chi connectivity index (χ1n) is 18.7. The molecule has 0 aliphatic heterocycles. The Hall–Kier alpha value is -6.06. The number of ketones is 1. The Kier molecular flexibility index (Phi) is 8.35. The molecule has 3 heteroatoms. The van der Waals surface area contributed by atoms with Gasteiger partial charge < -0.3 is 5.21 Å². The highest BCUT2D eigenvalue weighted by molar-refractivity contribution is 6.05. The highest BCUT2D eigenvalue weighted by atomic mass is 16.4.